The summed E-state index contributed by atoms with van der Waals surface area (Å²) in [6, 6.07) is 9.94. The highest BCUT2D eigenvalue weighted by molar-refractivity contribution is 5.92. The molecular formula is C18H19N3O2. The van der Waals surface area contributed by atoms with Gasteiger partial charge in [0.1, 0.15) is 17.5 Å². The molecule has 2 heterocycles. The minimum atomic E-state index is -0.0223. The molecular weight excluding hydrogens is 290 g/mol. The lowest BCUT2D eigenvalue weighted by Crippen LogP contribution is -2.33. The molecule has 3 atom stereocenters. The molecule has 118 valence electrons. The van der Waals surface area contributed by atoms with Crippen molar-refractivity contribution in [2.75, 3.05) is 13.1 Å². The van der Waals surface area contributed by atoms with Crippen LogP contribution in [0.2, 0.25) is 0 Å². The van der Waals surface area contributed by atoms with Crippen LogP contribution >= 0.6 is 0 Å². The number of hydrogen-bond donors (Lipinski definition) is 0. The maximum absolute atomic E-state index is 12.5. The molecule has 5 heteroatoms. The van der Waals surface area contributed by atoms with E-state index in [0.717, 1.165) is 31.7 Å². The molecule has 0 spiro atoms. The minimum absolute atomic E-state index is 0.0223. The summed E-state index contributed by atoms with van der Waals surface area (Å²) in [7, 11) is 0. The number of benzene rings is 1. The van der Waals surface area contributed by atoms with Crippen LogP contribution in [0.15, 0.2) is 48.9 Å². The third-order valence-corrected chi connectivity index (χ3v) is 4.89. The Hall–Kier alpha value is -2.43. The van der Waals surface area contributed by atoms with Crippen LogP contribution in [0.5, 0.6) is 5.75 Å². The van der Waals surface area contributed by atoms with Crippen molar-refractivity contribution in [3.8, 4) is 5.75 Å². The Bertz CT molecular complexity index is 677. The van der Waals surface area contributed by atoms with Gasteiger partial charge in [-0.2, -0.15) is 0 Å². The second-order valence-corrected chi connectivity index (χ2v) is 6.27. The number of carbonyl (C=O) groups excluding carboxylic acids is 1. The molecule has 0 unspecified atom stereocenters. The normalized spacial score (nSPS) is 26.1. The van der Waals surface area contributed by atoms with Crippen molar-refractivity contribution in [1.29, 1.82) is 0 Å². The number of rotatable bonds is 3. The SMILES string of the molecule is O=C(c1cnccn1)N1C[C@@H]2CC[C@H](Oc3ccccc3)[C@@H]2C1. The van der Waals surface area contributed by atoms with E-state index in [9.17, 15) is 4.79 Å². The molecule has 2 aliphatic rings. The van der Waals surface area contributed by atoms with Gasteiger partial charge in [0.2, 0.25) is 0 Å². The molecule has 1 aromatic heterocycles. The summed E-state index contributed by atoms with van der Waals surface area (Å²) in [5.41, 5.74) is 0.424. The van der Waals surface area contributed by atoms with Crippen LogP contribution in [0.1, 0.15) is 23.3 Å². The summed E-state index contributed by atoms with van der Waals surface area (Å²) in [6.45, 7) is 1.55. The van der Waals surface area contributed by atoms with Gasteiger partial charge < -0.3 is 9.64 Å². The van der Waals surface area contributed by atoms with Crippen molar-refractivity contribution in [2.45, 2.75) is 18.9 Å². The second kappa shape index (κ2) is 5.99. The zero-order valence-corrected chi connectivity index (χ0v) is 12.8. The van der Waals surface area contributed by atoms with Crippen LogP contribution in [-0.4, -0.2) is 40.0 Å². The van der Waals surface area contributed by atoms with Gasteiger partial charge in [-0.1, -0.05) is 18.2 Å². The fourth-order valence-corrected chi connectivity index (χ4v) is 3.77. The van der Waals surface area contributed by atoms with Gasteiger partial charge in [0, 0.05) is 31.4 Å². The molecule has 1 aliphatic heterocycles. The van der Waals surface area contributed by atoms with Crippen molar-refractivity contribution in [3.63, 3.8) is 0 Å². The summed E-state index contributed by atoms with van der Waals surface area (Å²) in [5.74, 6) is 1.84. The number of likely N-dealkylation sites (tertiary alicyclic amines) is 1. The molecule has 0 radical (unpaired) electrons. The van der Waals surface area contributed by atoms with E-state index in [-0.39, 0.29) is 12.0 Å². The van der Waals surface area contributed by atoms with Crippen molar-refractivity contribution < 1.29 is 9.53 Å². The highest BCUT2D eigenvalue weighted by atomic mass is 16.5. The summed E-state index contributed by atoms with van der Waals surface area (Å²) in [5, 5.41) is 0. The molecule has 0 bridgehead atoms. The summed E-state index contributed by atoms with van der Waals surface area (Å²) >= 11 is 0. The van der Waals surface area contributed by atoms with E-state index in [2.05, 4.69) is 9.97 Å². The number of para-hydroxylation sites is 1. The first-order valence-electron chi connectivity index (χ1n) is 8.08. The van der Waals surface area contributed by atoms with Crippen LogP contribution in [0, 0.1) is 11.8 Å². The molecule has 1 saturated heterocycles. The Morgan fingerprint density at radius 2 is 2.00 bits per heavy atom. The smallest absolute Gasteiger partial charge is 0.274 e. The highest BCUT2D eigenvalue weighted by Gasteiger charge is 2.45. The fraction of sp³-hybridized carbons (Fsp3) is 0.389. The predicted octanol–water partition coefficient (Wildman–Crippen LogP) is 2.41. The molecule has 1 saturated carbocycles. The Kier molecular flexibility index (Phi) is 3.69. The number of nitrogens with zero attached hydrogens (tertiary/aromatic N) is 3. The van der Waals surface area contributed by atoms with Gasteiger partial charge in [-0.15, -0.1) is 0 Å². The Balaban J connectivity index is 1.44. The predicted molar refractivity (Wildman–Crippen MR) is 85.0 cm³/mol. The molecule has 0 N–H and O–H groups in total. The molecule has 1 amide bonds. The summed E-state index contributed by atoms with van der Waals surface area (Å²) in [6.07, 6.45) is 7.06. The molecule has 1 aliphatic carbocycles. The Labute approximate surface area is 135 Å². The third kappa shape index (κ3) is 2.79. The number of hydrogen-bond acceptors (Lipinski definition) is 4. The van der Waals surface area contributed by atoms with E-state index < -0.39 is 0 Å². The zero-order chi connectivity index (χ0) is 15.6. The minimum Gasteiger partial charge on any atom is -0.490 e. The third-order valence-electron chi connectivity index (χ3n) is 4.89. The molecule has 2 aromatic rings. The van der Waals surface area contributed by atoms with Crippen LogP contribution in [0.25, 0.3) is 0 Å². The maximum atomic E-state index is 12.5. The number of aromatic nitrogens is 2. The average molecular weight is 309 g/mol. The van der Waals surface area contributed by atoms with Crippen molar-refractivity contribution in [1.82, 2.24) is 14.9 Å². The van der Waals surface area contributed by atoms with Gasteiger partial charge in [-0.3, -0.25) is 9.78 Å². The molecule has 4 rings (SSSR count). The standard InChI is InChI=1S/C18H19N3O2/c22-18(16-10-19-8-9-20-16)21-11-13-6-7-17(15(13)12-21)23-14-4-2-1-3-5-14/h1-5,8-10,13,15,17H,6-7,11-12H2/t13-,15+,17-/m0/s1. The van der Waals surface area contributed by atoms with Gasteiger partial charge in [0.25, 0.3) is 5.91 Å². The van der Waals surface area contributed by atoms with Crippen LogP contribution < -0.4 is 4.74 Å². The lowest BCUT2D eigenvalue weighted by atomic mass is 9.99. The van der Waals surface area contributed by atoms with E-state index in [4.69, 9.17) is 4.74 Å². The van der Waals surface area contributed by atoms with Gasteiger partial charge in [0.15, 0.2) is 0 Å². The van der Waals surface area contributed by atoms with E-state index in [1.165, 1.54) is 6.20 Å². The quantitative estimate of drug-likeness (QED) is 0.873. The van der Waals surface area contributed by atoms with Crippen molar-refractivity contribution in [3.05, 3.63) is 54.6 Å². The van der Waals surface area contributed by atoms with Crippen LogP contribution in [-0.2, 0) is 0 Å². The lowest BCUT2D eigenvalue weighted by molar-refractivity contribution is 0.0756. The van der Waals surface area contributed by atoms with E-state index in [1.54, 1.807) is 12.4 Å². The first-order valence-corrected chi connectivity index (χ1v) is 8.08. The van der Waals surface area contributed by atoms with Crippen molar-refractivity contribution >= 4 is 5.91 Å². The van der Waals surface area contributed by atoms with Gasteiger partial charge in [0.05, 0.1) is 6.20 Å². The number of fused-ring (bicyclic) bond motifs is 1. The van der Waals surface area contributed by atoms with E-state index in [0.29, 0.717) is 17.5 Å². The van der Waals surface area contributed by atoms with Crippen molar-refractivity contribution in [2.24, 2.45) is 11.8 Å². The van der Waals surface area contributed by atoms with Gasteiger partial charge in [-0.25, -0.2) is 4.98 Å². The van der Waals surface area contributed by atoms with Crippen LogP contribution in [0.3, 0.4) is 0 Å². The van der Waals surface area contributed by atoms with E-state index >= 15 is 0 Å². The van der Waals surface area contributed by atoms with Gasteiger partial charge in [-0.05, 0) is 30.9 Å². The fourth-order valence-electron chi connectivity index (χ4n) is 3.77. The number of amides is 1. The topological polar surface area (TPSA) is 55.3 Å². The number of ether oxygens (including phenoxy) is 1. The second-order valence-electron chi connectivity index (χ2n) is 6.27. The monoisotopic (exact) mass is 309 g/mol. The summed E-state index contributed by atoms with van der Waals surface area (Å²) < 4.78 is 6.16. The molecule has 1 aromatic carbocycles. The Morgan fingerprint density at radius 1 is 1.13 bits per heavy atom. The first-order chi connectivity index (χ1) is 11.3. The van der Waals surface area contributed by atoms with Crippen LogP contribution in [0.4, 0.5) is 0 Å². The summed E-state index contributed by atoms with van der Waals surface area (Å²) in [4.78, 5) is 22.5. The number of carbonyl (C=O) groups is 1. The zero-order valence-electron chi connectivity index (χ0n) is 12.8. The first kappa shape index (κ1) is 14.2. The maximum Gasteiger partial charge on any atom is 0.274 e. The average Bonchev–Trinajstić information content (AvgIpc) is 3.18. The highest BCUT2D eigenvalue weighted by Crippen LogP contribution is 2.40. The molecule has 2 fully saturated rings. The lowest BCUT2D eigenvalue weighted by Gasteiger charge is -2.21. The van der Waals surface area contributed by atoms with Gasteiger partial charge >= 0.3 is 0 Å². The largest absolute Gasteiger partial charge is 0.490 e. The molecule has 5 nitrogen and oxygen atoms in total. The molecule has 23 heavy (non-hydrogen) atoms. The van der Waals surface area contributed by atoms with E-state index in [1.807, 2.05) is 35.2 Å². The Morgan fingerprint density at radius 3 is 2.78 bits per heavy atom.